The lowest BCUT2D eigenvalue weighted by Gasteiger charge is -2.15. The Morgan fingerprint density at radius 1 is 1.00 bits per heavy atom. The van der Waals surface area contributed by atoms with Gasteiger partial charge in [0.05, 0.1) is 18.4 Å². The van der Waals surface area contributed by atoms with Crippen molar-refractivity contribution in [2.45, 2.75) is 6.92 Å². The van der Waals surface area contributed by atoms with E-state index in [-0.39, 0.29) is 5.57 Å². The summed E-state index contributed by atoms with van der Waals surface area (Å²) < 4.78 is 5.11. The molecule has 0 bridgehead atoms. The third kappa shape index (κ3) is 2.46. The second kappa shape index (κ2) is 5.61. The fourth-order valence-electron chi connectivity index (χ4n) is 2.48. The summed E-state index contributed by atoms with van der Waals surface area (Å²) in [5.41, 5.74) is 1.90. The standard InChI is InChI=1S/C18H15NO4/c1-11-6-8-12(9-7-11)15-16(20)18(22)19(17(15)21)13-4-3-5-14(10-13)23-2/h3-10,20H,1-2H3. The van der Waals surface area contributed by atoms with Gasteiger partial charge in [-0.15, -0.1) is 0 Å². The summed E-state index contributed by atoms with van der Waals surface area (Å²) in [7, 11) is 1.50. The van der Waals surface area contributed by atoms with Crippen LogP contribution in [0, 0.1) is 6.92 Å². The molecule has 0 radical (unpaired) electrons. The van der Waals surface area contributed by atoms with E-state index in [1.807, 2.05) is 19.1 Å². The lowest BCUT2D eigenvalue weighted by atomic mass is 10.0. The Bertz CT molecular complexity index is 821. The number of nitrogens with zero attached hydrogens (tertiary/aromatic N) is 1. The number of benzene rings is 2. The number of carbonyl (C=O) groups excluding carboxylic acids is 2. The zero-order valence-electron chi connectivity index (χ0n) is 12.7. The highest BCUT2D eigenvalue weighted by molar-refractivity contribution is 6.44. The quantitative estimate of drug-likeness (QED) is 0.885. The highest BCUT2D eigenvalue weighted by atomic mass is 16.5. The van der Waals surface area contributed by atoms with Crippen molar-refractivity contribution in [2.24, 2.45) is 0 Å². The van der Waals surface area contributed by atoms with Crippen LogP contribution in [0.15, 0.2) is 54.3 Å². The van der Waals surface area contributed by atoms with Crippen LogP contribution in [0.4, 0.5) is 5.69 Å². The van der Waals surface area contributed by atoms with E-state index in [9.17, 15) is 14.7 Å². The number of methoxy groups -OCH3 is 1. The lowest BCUT2D eigenvalue weighted by Crippen LogP contribution is -2.31. The zero-order chi connectivity index (χ0) is 16.6. The fraction of sp³-hybridized carbons (Fsp3) is 0.111. The van der Waals surface area contributed by atoms with Gasteiger partial charge in [0, 0.05) is 6.07 Å². The van der Waals surface area contributed by atoms with Gasteiger partial charge >= 0.3 is 5.91 Å². The Balaban J connectivity index is 2.03. The highest BCUT2D eigenvalue weighted by Gasteiger charge is 2.40. The van der Waals surface area contributed by atoms with Crippen LogP contribution >= 0.6 is 0 Å². The van der Waals surface area contributed by atoms with Gasteiger partial charge in [-0.3, -0.25) is 9.59 Å². The number of aryl methyl sites for hydroxylation is 1. The number of anilines is 1. The number of hydrogen-bond donors (Lipinski definition) is 1. The highest BCUT2D eigenvalue weighted by Crippen LogP contribution is 2.33. The maximum atomic E-state index is 12.7. The third-order valence-corrected chi connectivity index (χ3v) is 3.71. The molecule has 2 amide bonds. The van der Waals surface area contributed by atoms with Crippen LogP contribution in [-0.2, 0) is 9.59 Å². The van der Waals surface area contributed by atoms with Gasteiger partial charge in [0.25, 0.3) is 5.91 Å². The van der Waals surface area contributed by atoms with Crippen molar-refractivity contribution in [1.29, 1.82) is 0 Å². The minimum atomic E-state index is -0.737. The average Bonchev–Trinajstić information content (AvgIpc) is 2.78. The van der Waals surface area contributed by atoms with E-state index in [0.29, 0.717) is 17.0 Å². The minimum Gasteiger partial charge on any atom is -0.502 e. The SMILES string of the molecule is COc1cccc(N2C(=O)C(O)=C(c3ccc(C)cc3)C2=O)c1. The number of aliphatic hydroxyl groups is 1. The smallest absolute Gasteiger partial charge is 0.301 e. The molecule has 3 rings (SSSR count). The second-order valence-corrected chi connectivity index (χ2v) is 5.24. The largest absolute Gasteiger partial charge is 0.502 e. The van der Waals surface area contributed by atoms with E-state index in [1.165, 1.54) is 7.11 Å². The van der Waals surface area contributed by atoms with Gasteiger partial charge in [-0.1, -0.05) is 35.9 Å². The summed E-state index contributed by atoms with van der Waals surface area (Å²) in [6.07, 6.45) is 0. The molecule has 5 heteroatoms. The van der Waals surface area contributed by atoms with Crippen molar-refractivity contribution in [1.82, 2.24) is 0 Å². The number of aliphatic hydroxyl groups excluding tert-OH is 1. The van der Waals surface area contributed by atoms with Gasteiger partial charge in [-0.2, -0.15) is 0 Å². The zero-order valence-corrected chi connectivity index (χ0v) is 12.7. The van der Waals surface area contributed by atoms with Crippen molar-refractivity contribution >= 4 is 23.1 Å². The Hall–Kier alpha value is -3.08. The first-order valence-corrected chi connectivity index (χ1v) is 7.06. The predicted molar refractivity (Wildman–Crippen MR) is 86.2 cm³/mol. The van der Waals surface area contributed by atoms with Crippen molar-refractivity contribution in [3.8, 4) is 5.75 Å². The monoisotopic (exact) mass is 309 g/mol. The van der Waals surface area contributed by atoms with Crippen LogP contribution in [0.3, 0.4) is 0 Å². The minimum absolute atomic E-state index is 0.0119. The van der Waals surface area contributed by atoms with Crippen LogP contribution in [0.1, 0.15) is 11.1 Å². The van der Waals surface area contributed by atoms with Crippen molar-refractivity contribution in [2.75, 3.05) is 12.0 Å². The molecule has 1 N–H and O–H groups in total. The first kappa shape index (κ1) is 14.8. The third-order valence-electron chi connectivity index (χ3n) is 3.71. The Morgan fingerprint density at radius 3 is 2.35 bits per heavy atom. The molecule has 0 spiro atoms. The number of hydrogen-bond acceptors (Lipinski definition) is 4. The molecule has 0 saturated carbocycles. The summed E-state index contributed by atoms with van der Waals surface area (Å²) in [6, 6.07) is 13.6. The van der Waals surface area contributed by atoms with E-state index in [4.69, 9.17) is 4.74 Å². The molecule has 0 saturated heterocycles. The molecule has 0 fully saturated rings. The topological polar surface area (TPSA) is 66.8 Å². The van der Waals surface area contributed by atoms with Crippen LogP contribution in [0.2, 0.25) is 0 Å². The van der Waals surface area contributed by atoms with Gasteiger partial charge in [0.2, 0.25) is 0 Å². The Morgan fingerprint density at radius 2 is 1.70 bits per heavy atom. The first-order chi connectivity index (χ1) is 11.0. The molecule has 2 aromatic carbocycles. The molecule has 1 aliphatic heterocycles. The van der Waals surface area contributed by atoms with Crippen LogP contribution in [0.25, 0.3) is 5.57 Å². The number of carbonyl (C=O) groups is 2. The van der Waals surface area contributed by atoms with Gasteiger partial charge in [0.15, 0.2) is 5.76 Å². The van der Waals surface area contributed by atoms with Crippen molar-refractivity contribution < 1.29 is 19.4 Å². The van der Waals surface area contributed by atoms with Crippen molar-refractivity contribution in [3.05, 3.63) is 65.4 Å². The first-order valence-electron chi connectivity index (χ1n) is 7.06. The van der Waals surface area contributed by atoms with E-state index in [2.05, 4.69) is 0 Å². The average molecular weight is 309 g/mol. The molecule has 2 aromatic rings. The number of rotatable bonds is 3. The van der Waals surface area contributed by atoms with Gasteiger partial charge in [-0.25, -0.2) is 4.90 Å². The molecule has 1 heterocycles. The predicted octanol–water partition coefficient (Wildman–Crippen LogP) is 2.85. The number of imide groups is 1. The Kier molecular flexibility index (Phi) is 3.62. The summed E-state index contributed by atoms with van der Waals surface area (Å²) in [5, 5.41) is 10.1. The second-order valence-electron chi connectivity index (χ2n) is 5.24. The van der Waals surface area contributed by atoms with Gasteiger partial charge < -0.3 is 9.84 Å². The summed E-state index contributed by atoms with van der Waals surface area (Å²) in [6.45, 7) is 1.92. The molecule has 0 atom stereocenters. The fourth-order valence-corrected chi connectivity index (χ4v) is 2.48. The lowest BCUT2D eigenvalue weighted by molar-refractivity contribution is -0.121. The Labute approximate surface area is 133 Å². The molecule has 116 valence electrons. The van der Waals surface area contributed by atoms with E-state index in [0.717, 1.165) is 10.5 Å². The van der Waals surface area contributed by atoms with E-state index >= 15 is 0 Å². The van der Waals surface area contributed by atoms with Crippen LogP contribution in [-0.4, -0.2) is 24.0 Å². The molecule has 0 unspecified atom stereocenters. The van der Waals surface area contributed by atoms with Crippen LogP contribution in [0.5, 0.6) is 5.75 Å². The van der Waals surface area contributed by atoms with Gasteiger partial charge in [-0.05, 0) is 24.6 Å². The molecule has 5 nitrogen and oxygen atoms in total. The normalized spacial score (nSPS) is 14.6. The number of ether oxygens (including phenoxy) is 1. The summed E-state index contributed by atoms with van der Waals surface area (Å²) >= 11 is 0. The van der Waals surface area contributed by atoms with E-state index in [1.54, 1.807) is 36.4 Å². The summed E-state index contributed by atoms with van der Waals surface area (Å²) in [5.74, 6) is -1.31. The maximum Gasteiger partial charge on any atom is 0.301 e. The number of amides is 2. The van der Waals surface area contributed by atoms with Crippen LogP contribution < -0.4 is 9.64 Å². The molecule has 1 aliphatic rings. The van der Waals surface area contributed by atoms with E-state index < -0.39 is 17.6 Å². The molecule has 0 aromatic heterocycles. The molecular formula is C18H15NO4. The van der Waals surface area contributed by atoms with Crippen molar-refractivity contribution in [3.63, 3.8) is 0 Å². The molecule has 0 aliphatic carbocycles. The van der Waals surface area contributed by atoms with Gasteiger partial charge in [0.1, 0.15) is 5.75 Å². The molecule has 23 heavy (non-hydrogen) atoms. The molecular weight excluding hydrogens is 294 g/mol. The summed E-state index contributed by atoms with van der Waals surface area (Å²) in [4.78, 5) is 25.9. The maximum absolute atomic E-state index is 12.7.